The SMILES string of the molecule is CC(C(=O)Nc1cc(C(C)(C)C(F)(F)F)on1)c1ccc(-c2nn(C(C)C)c(N)c2C(N)=O)cn1. The molecule has 188 valence electrons. The van der Waals surface area contributed by atoms with Crippen molar-refractivity contribution in [3.63, 3.8) is 0 Å². The zero-order valence-electron chi connectivity index (χ0n) is 19.8. The second kappa shape index (κ2) is 9.04. The Hall–Kier alpha value is -3.90. The number of halogens is 3. The van der Waals surface area contributed by atoms with Crippen molar-refractivity contribution in [2.24, 2.45) is 5.73 Å². The lowest BCUT2D eigenvalue weighted by Crippen LogP contribution is -2.35. The molecule has 3 rings (SSSR count). The van der Waals surface area contributed by atoms with Crippen LogP contribution in [0.3, 0.4) is 0 Å². The van der Waals surface area contributed by atoms with E-state index in [1.54, 1.807) is 19.1 Å². The number of carbonyl (C=O) groups excluding carboxylic acids is 2. The number of rotatable bonds is 7. The molecule has 0 radical (unpaired) electrons. The molecule has 0 aliphatic carbocycles. The number of carbonyl (C=O) groups is 2. The van der Waals surface area contributed by atoms with E-state index in [2.05, 4.69) is 20.6 Å². The average molecular weight is 493 g/mol. The Morgan fingerprint density at radius 2 is 1.83 bits per heavy atom. The highest BCUT2D eigenvalue weighted by Crippen LogP contribution is 2.41. The molecule has 0 aliphatic rings. The molecule has 3 aromatic rings. The lowest BCUT2D eigenvalue weighted by molar-refractivity contribution is -0.185. The third-order valence-electron chi connectivity index (χ3n) is 5.67. The normalized spacial score (nSPS) is 13.2. The lowest BCUT2D eigenvalue weighted by atomic mass is 9.89. The number of alkyl halides is 3. The van der Waals surface area contributed by atoms with Crippen molar-refractivity contribution >= 4 is 23.5 Å². The first-order valence-electron chi connectivity index (χ1n) is 10.6. The minimum atomic E-state index is -4.56. The minimum absolute atomic E-state index is 0.0719. The van der Waals surface area contributed by atoms with Crippen molar-refractivity contribution in [1.29, 1.82) is 0 Å². The van der Waals surface area contributed by atoms with E-state index >= 15 is 0 Å². The van der Waals surface area contributed by atoms with Crippen molar-refractivity contribution in [2.45, 2.75) is 58.2 Å². The first-order chi connectivity index (χ1) is 16.1. The third-order valence-corrected chi connectivity index (χ3v) is 5.67. The number of anilines is 2. The molecule has 3 heterocycles. The molecule has 0 fully saturated rings. The molecule has 10 nitrogen and oxygen atoms in total. The molecule has 2 amide bonds. The van der Waals surface area contributed by atoms with E-state index in [0.717, 1.165) is 19.9 Å². The number of amides is 2. The zero-order valence-corrected chi connectivity index (χ0v) is 19.8. The van der Waals surface area contributed by atoms with E-state index in [-0.39, 0.29) is 28.9 Å². The van der Waals surface area contributed by atoms with Crippen LogP contribution < -0.4 is 16.8 Å². The molecule has 13 heteroatoms. The molecule has 0 spiro atoms. The topological polar surface area (TPSA) is 155 Å². The molecule has 3 aromatic heterocycles. The molecule has 0 saturated carbocycles. The summed E-state index contributed by atoms with van der Waals surface area (Å²) in [5.41, 5.74) is 10.4. The number of nitrogens with zero attached hydrogens (tertiary/aromatic N) is 4. The molecular weight excluding hydrogens is 467 g/mol. The van der Waals surface area contributed by atoms with E-state index in [4.69, 9.17) is 16.0 Å². The summed E-state index contributed by atoms with van der Waals surface area (Å²) < 4.78 is 45.9. The Bertz CT molecular complexity index is 1240. The van der Waals surface area contributed by atoms with Crippen LogP contribution in [0.15, 0.2) is 28.9 Å². The molecular formula is C22H26F3N7O3. The van der Waals surface area contributed by atoms with Crippen molar-refractivity contribution in [2.75, 3.05) is 11.1 Å². The van der Waals surface area contributed by atoms with E-state index in [0.29, 0.717) is 11.3 Å². The summed E-state index contributed by atoms with van der Waals surface area (Å²) in [6, 6.07) is 4.10. The smallest absolute Gasteiger partial charge is 0.383 e. The van der Waals surface area contributed by atoms with E-state index in [9.17, 15) is 22.8 Å². The van der Waals surface area contributed by atoms with Gasteiger partial charge in [0.2, 0.25) is 5.91 Å². The van der Waals surface area contributed by atoms with Crippen LogP contribution in [-0.4, -0.2) is 37.9 Å². The van der Waals surface area contributed by atoms with Crippen LogP contribution in [0.25, 0.3) is 11.3 Å². The largest absolute Gasteiger partial charge is 0.401 e. The number of hydrogen-bond donors (Lipinski definition) is 3. The number of aromatic nitrogens is 4. The fourth-order valence-corrected chi connectivity index (χ4v) is 3.22. The Balaban J connectivity index is 1.79. The van der Waals surface area contributed by atoms with Gasteiger partial charge in [0.05, 0.1) is 11.6 Å². The van der Waals surface area contributed by atoms with Gasteiger partial charge in [0, 0.05) is 23.9 Å². The molecule has 0 saturated heterocycles. The number of nitrogens with two attached hydrogens (primary N) is 2. The second-order valence-electron chi connectivity index (χ2n) is 8.89. The molecule has 0 aliphatic heterocycles. The van der Waals surface area contributed by atoms with Crippen LogP contribution in [0.1, 0.15) is 68.4 Å². The molecule has 35 heavy (non-hydrogen) atoms. The molecule has 1 unspecified atom stereocenters. The number of pyridine rings is 1. The van der Waals surface area contributed by atoms with Gasteiger partial charge < -0.3 is 21.3 Å². The summed E-state index contributed by atoms with van der Waals surface area (Å²) in [6.07, 6.45) is -3.13. The highest BCUT2D eigenvalue weighted by Gasteiger charge is 2.51. The van der Waals surface area contributed by atoms with Gasteiger partial charge in [0.15, 0.2) is 11.6 Å². The molecule has 1 atom stereocenters. The van der Waals surface area contributed by atoms with Gasteiger partial charge in [0.1, 0.15) is 22.5 Å². The Morgan fingerprint density at radius 3 is 2.34 bits per heavy atom. The number of nitrogens with one attached hydrogen (secondary N) is 1. The van der Waals surface area contributed by atoms with Gasteiger partial charge in [-0.1, -0.05) is 5.16 Å². The van der Waals surface area contributed by atoms with Gasteiger partial charge in [-0.2, -0.15) is 18.3 Å². The first-order valence-corrected chi connectivity index (χ1v) is 10.6. The van der Waals surface area contributed by atoms with Crippen molar-refractivity contribution < 1.29 is 27.3 Å². The highest BCUT2D eigenvalue weighted by molar-refractivity contribution is 6.03. The van der Waals surface area contributed by atoms with Crippen LogP contribution >= 0.6 is 0 Å². The summed E-state index contributed by atoms with van der Waals surface area (Å²) >= 11 is 0. The number of hydrogen-bond acceptors (Lipinski definition) is 7. The number of primary amides is 1. The first kappa shape index (κ1) is 25.7. The predicted octanol–water partition coefficient (Wildman–Crippen LogP) is 3.78. The second-order valence-corrected chi connectivity index (χ2v) is 8.89. The van der Waals surface area contributed by atoms with Gasteiger partial charge in [-0.3, -0.25) is 14.6 Å². The van der Waals surface area contributed by atoms with E-state index in [1.165, 1.54) is 10.9 Å². The fourth-order valence-electron chi connectivity index (χ4n) is 3.22. The van der Waals surface area contributed by atoms with Crippen LogP contribution in [0.2, 0.25) is 0 Å². The van der Waals surface area contributed by atoms with Gasteiger partial charge in [-0.15, -0.1) is 0 Å². The van der Waals surface area contributed by atoms with E-state index in [1.807, 2.05) is 13.8 Å². The van der Waals surface area contributed by atoms with Crippen LogP contribution in [0, 0.1) is 0 Å². The van der Waals surface area contributed by atoms with Crippen LogP contribution in [0.4, 0.5) is 24.8 Å². The Morgan fingerprint density at radius 1 is 1.17 bits per heavy atom. The van der Waals surface area contributed by atoms with Crippen LogP contribution in [0.5, 0.6) is 0 Å². The van der Waals surface area contributed by atoms with Crippen molar-refractivity contribution in [3.05, 3.63) is 41.4 Å². The highest BCUT2D eigenvalue weighted by atomic mass is 19.4. The predicted molar refractivity (Wildman–Crippen MR) is 121 cm³/mol. The van der Waals surface area contributed by atoms with Crippen molar-refractivity contribution in [3.8, 4) is 11.3 Å². The van der Waals surface area contributed by atoms with Gasteiger partial charge in [0.25, 0.3) is 5.91 Å². The molecule has 0 bridgehead atoms. The lowest BCUT2D eigenvalue weighted by Gasteiger charge is -2.24. The summed E-state index contributed by atoms with van der Waals surface area (Å²) in [6.45, 7) is 7.17. The maximum Gasteiger partial charge on any atom is 0.401 e. The van der Waals surface area contributed by atoms with E-state index < -0.39 is 35.1 Å². The monoisotopic (exact) mass is 493 g/mol. The minimum Gasteiger partial charge on any atom is -0.383 e. The Kier molecular flexibility index (Phi) is 6.64. The zero-order chi connectivity index (χ0) is 26.3. The molecule has 0 aromatic carbocycles. The Labute approximate surface area is 198 Å². The molecule has 5 N–H and O–H groups in total. The van der Waals surface area contributed by atoms with Gasteiger partial charge >= 0.3 is 6.18 Å². The fraction of sp³-hybridized carbons (Fsp3) is 0.409. The maximum absolute atomic E-state index is 13.2. The number of nitrogen functional groups attached to an aromatic ring is 1. The van der Waals surface area contributed by atoms with Crippen LogP contribution in [-0.2, 0) is 10.2 Å². The van der Waals surface area contributed by atoms with Gasteiger partial charge in [-0.05, 0) is 46.8 Å². The standard InChI is InChI=1S/C22H26F3N7O3/c1-10(2)32-18(26)16(19(27)33)17(30-32)12-6-7-13(28-9-12)11(3)20(34)29-15-8-14(35-31-15)21(4,5)22(23,24)25/h6-11H,26H2,1-5H3,(H2,27,33)(H,29,31,34). The summed E-state index contributed by atoms with van der Waals surface area (Å²) in [5.74, 6) is -2.51. The summed E-state index contributed by atoms with van der Waals surface area (Å²) in [4.78, 5) is 28.9. The summed E-state index contributed by atoms with van der Waals surface area (Å²) in [7, 11) is 0. The average Bonchev–Trinajstić information content (AvgIpc) is 3.37. The van der Waals surface area contributed by atoms with Crippen molar-refractivity contribution in [1.82, 2.24) is 19.9 Å². The summed E-state index contributed by atoms with van der Waals surface area (Å²) in [5, 5.41) is 10.3. The maximum atomic E-state index is 13.2. The van der Waals surface area contributed by atoms with Gasteiger partial charge in [-0.25, -0.2) is 4.68 Å². The quantitative estimate of drug-likeness (QED) is 0.452. The third kappa shape index (κ3) is 4.84.